The molecular formula is C16H24BrN3O2S. The van der Waals surface area contributed by atoms with Crippen LogP contribution in [0.3, 0.4) is 0 Å². The molecule has 1 unspecified atom stereocenters. The molecule has 5 nitrogen and oxygen atoms in total. The Morgan fingerprint density at radius 2 is 1.87 bits per heavy atom. The molecule has 1 aromatic rings. The third kappa shape index (κ3) is 5.29. The second-order valence-corrected chi connectivity index (χ2v) is 8.78. The standard InChI is InChI=1S/C16H24BrN3O2S/c1-11(2)10-19-6-8-20(9-7-19)16(22)12(3)18-15(21)13-4-5-14(17)23-13/h4-5,11-12H,6-10H2,1-3H3,(H,18,21). The van der Waals surface area contributed by atoms with E-state index >= 15 is 0 Å². The van der Waals surface area contributed by atoms with Crippen molar-refractivity contribution < 1.29 is 9.59 Å². The Hall–Kier alpha value is -0.920. The molecule has 1 aliphatic rings. The topological polar surface area (TPSA) is 52.6 Å². The number of hydrogen-bond acceptors (Lipinski definition) is 4. The Balaban J connectivity index is 1.82. The van der Waals surface area contributed by atoms with Crippen LogP contribution in [0.1, 0.15) is 30.4 Å². The fourth-order valence-corrected chi connectivity index (χ4v) is 4.00. The monoisotopic (exact) mass is 401 g/mol. The van der Waals surface area contributed by atoms with Crippen molar-refractivity contribution in [1.29, 1.82) is 0 Å². The molecule has 0 saturated carbocycles. The van der Waals surface area contributed by atoms with Gasteiger partial charge in [-0.05, 0) is 40.9 Å². The van der Waals surface area contributed by atoms with Crippen LogP contribution >= 0.6 is 27.3 Å². The van der Waals surface area contributed by atoms with Crippen molar-refractivity contribution in [2.45, 2.75) is 26.8 Å². The van der Waals surface area contributed by atoms with E-state index in [4.69, 9.17) is 0 Å². The number of rotatable bonds is 5. The molecule has 0 aromatic carbocycles. The molecule has 1 aliphatic heterocycles. The molecule has 2 rings (SSSR count). The lowest BCUT2D eigenvalue weighted by Gasteiger charge is -2.36. The summed E-state index contributed by atoms with van der Waals surface area (Å²) in [6.07, 6.45) is 0. The van der Waals surface area contributed by atoms with Crippen LogP contribution in [0.15, 0.2) is 15.9 Å². The third-order valence-electron chi connectivity index (χ3n) is 3.82. The average Bonchev–Trinajstić information content (AvgIpc) is 2.93. The summed E-state index contributed by atoms with van der Waals surface area (Å²) in [4.78, 5) is 29.5. The number of piperazine rings is 1. The van der Waals surface area contributed by atoms with Crippen molar-refractivity contribution in [1.82, 2.24) is 15.1 Å². The Bertz CT molecular complexity index is 553. The van der Waals surface area contributed by atoms with Crippen molar-refractivity contribution in [3.05, 3.63) is 20.8 Å². The summed E-state index contributed by atoms with van der Waals surface area (Å²) in [7, 11) is 0. The number of halogens is 1. The first-order valence-corrected chi connectivity index (χ1v) is 9.55. The lowest BCUT2D eigenvalue weighted by Crippen LogP contribution is -2.54. The first-order valence-electron chi connectivity index (χ1n) is 7.94. The van der Waals surface area contributed by atoms with Crippen molar-refractivity contribution in [2.24, 2.45) is 5.92 Å². The zero-order chi connectivity index (χ0) is 17.0. The fraction of sp³-hybridized carbons (Fsp3) is 0.625. The van der Waals surface area contributed by atoms with E-state index in [0.29, 0.717) is 10.8 Å². The van der Waals surface area contributed by atoms with Gasteiger partial charge in [0.1, 0.15) is 6.04 Å². The van der Waals surface area contributed by atoms with Gasteiger partial charge in [-0.3, -0.25) is 14.5 Å². The Morgan fingerprint density at radius 1 is 1.22 bits per heavy atom. The minimum absolute atomic E-state index is 0.00170. The molecule has 1 atom stereocenters. The lowest BCUT2D eigenvalue weighted by molar-refractivity contribution is -0.134. The first kappa shape index (κ1) is 18.4. The van der Waals surface area contributed by atoms with E-state index in [9.17, 15) is 9.59 Å². The number of thiophene rings is 1. The summed E-state index contributed by atoms with van der Waals surface area (Å²) in [5.74, 6) is 0.443. The molecule has 128 valence electrons. The Labute approximate surface area is 150 Å². The lowest BCUT2D eigenvalue weighted by atomic mass is 10.2. The molecule has 2 heterocycles. The van der Waals surface area contributed by atoms with Crippen LogP contribution in [0.4, 0.5) is 0 Å². The van der Waals surface area contributed by atoms with E-state index < -0.39 is 6.04 Å². The van der Waals surface area contributed by atoms with Crippen LogP contribution in [0.5, 0.6) is 0 Å². The van der Waals surface area contributed by atoms with Crippen LogP contribution in [0.25, 0.3) is 0 Å². The van der Waals surface area contributed by atoms with Gasteiger partial charge >= 0.3 is 0 Å². The largest absolute Gasteiger partial charge is 0.340 e. The molecule has 1 N–H and O–H groups in total. The van der Waals surface area contributed by atoms with Crippen molar-refractivity contribution in [3.8, 4) is 0 Å². The van der Waals surface area contributed by atoms with E-state index in [-0.39, 0.29) is 11.8 Å². The highest BCUT2D eigenvalue weighted by atomic mass is 79.9. The van der Waals surface area contributed by atoms with E-state index in [1.54, 1.807) is 13.0 Å². The number of carbonyl (C=O) groups excluding carboxylic acids is 2. The highest BCUT2D eigenvalue weighted by Crippen LogP contribution is 2.22. The normalized spacial score (nSPS) is 17.3. The SMILES string of the molecule is CC(C)CN1CCN(C(=O)C(C)NC(=O)c2ccc(Br)s2)CC1. The zero-order valence-corrected chi connectivity index (χ0v) is 16.2. The van der Waals surface area contributed by atoms with Gasteiger partial charge in [0.25, 0.3) is 5.91 Å². The molecule has 2 amide bonds. The fourth-order valence-electron chi connectivity index (χ4n) is 2.71. The predicted molar refractivity (Wildman–Crippen MR) is 96.8 cm³/mol. The molecule has 1 aromatic heterocycles. The zero-order valence-electron chi connectivity index (χ0n) is 13.8. The number of carbonyl (C=O) groups is 2. The van der Waals surface area contributed by atoms with Crippen molar-refractivity contribution in [3.63, 3.8) is 0 Å². The summed E-state index contributed by atoms with van der Waals surface area (Å²) in [5, 5.41) is 2.80. The van der Waals surface area contributed by atoms with Gasteiger partial charge in [-0.2, -0.15) is 0 Å². The second-order valence-electron chi connectivity index (χ2n) is 6.32. The van der Waals surface area contributed by atoms with E-state index in [1.165, 1.54) is 11.3 Å². The van der Waals surface area contributed by atoms with Gasteiger partial charge in [0.2, 0.25) is 5.91 Å². The highest BCUT2D eigenvalue weighted by molar-refractivity contribution is 9.11. The van der Waals surface area contributed by atoms with E-state index in [1.807, 2.05) is 11.0 Å². The molecule has 0 aliphatic carbocycles. The minimum atomic E-state index is -0.500. The van der Waals surface area contributed by atoms with Crippen LogP contribution in [-0.4, -0.2) is 60.4 Å². The van der Waals surface area contributed by atoms with Gasteiger partial charge in [-0.15, -0.1) is 11.3 Å². The quantitative estimate of drug-likeness (QED) is 0.823. The maximum Gasteiger partial charge on any atom is 0.262 e. The van der Waals surface area contributed by atoms with Crippen LogP contribution in [0, 0.1) is 5.92 Å². The van der Waals surface area contributed by atoms with Gasteiger partial charge in [0.15, 0.2) is 0 Å². The minimum Gasteiger partial charge on any atom is -0.340 e. The molecular weight excluding hydrogens is 378 g/mol. The number of hydrogen-bond donors (Lipinski definition) is 1. The third-order valence-corrected chi connectivity index (χ3v) is 5.44. The number of nitrogens with zero attached hydrogens (tertiary/aromatic N) is 2. The average molecular weight is 402 g/mol. The van der Waals surface area contributed by atoms with Crippen LogP contribution in [-0.2, 0) is 4.79 Å². The maximum absolute atomic E-state index is 12.5. The van der Waals surface area contributed by atoms with E-state index in [2.05, 4.69) is 40.0 Å². The van der Waals surface area contributed by atoms with Crippen molar-refractivity contribution >= 4 is 39.1 Å². The molecule has 7 heteroatoms. The maximum atomic E-state index is 12.5. The van der Waals surface area contributed by atoms with Gasteiger partial charge in [0, 0.05) is 32.7 Å². The molecule has 1 saturated heterocycles. The van der Waals surface area contributed by atoms with Crippen LogP contribution in [0.2, 0.25) is 0 Å². The van der Waals surface area contributed by atoms with Gasteiger partial charge in [-0.25, -0.2) is 0 Å². The smallest absolute Gasteiger partial charge is 0.262 e. The molecule has 0 radical (unpaired) electrons. The summed E-state index contributed by atoms with van der Waals surface area (Å²) >= 11 is 4.70. The van der Waals surface area contributed by atoms with Crippen LogP contribution < -0.4 is 5.32 Å². The number of nitrogens with one attached hydrogen (secondary N) is 1. The Kier molecular flexibility index (Phi) is 6.61. The van der Waals surface area contributed by atoms with Gasteiger partial charge < -0.3 is 10.2 Å². The summed E-state index contributed by atoms with van der Waals surface area (Å²) in [5.41, 5.74) is 0. The molecule has 0 bridgehead atoms. The van der Waals surface area contributed by atoms with Crippen molar-refractivity contribution in [2.75, 3.05) is 32.7 Å². The summed E-state index contributed by atoms with van der Waals surface area (Å²) < 4.78 is 0.905. The molecule has 1 fully saturated rings. The first-order chi connectivity index (χ1) is 10.9. The second kappa shape index (κ2) is 8.26. The predicted octanol–water partition coefficient (Wildman–Crippen LogP) is 2.43. The van der Waals surface area contributed by atoms with Gasteiger partial charge in [-0.1, -0.05) is 13.8 Å². The highest BCUT2D eigenvalue weighted by Gasteiger charge is 2.26. The molecule has 0 spiro atoms. The number of amides is 2. The summed E-state index contributed by atoms with van der Waals surface area (Å²) in [6, 6.07) is 3.09. The van der Waals surface area contributed by atoms with E-state index in [0.717, 1.165) is 36.5 Å². The summed E-state index contributed by atoms with van der Waals surface area (Å²) in [6.45, 7) is 10.5. The molecule has 23 heavy (non-hydrogen) atoms. The van der Waals surface area contributed by atoms with Gasteiger partial charge in [0.05, 0.1) is 8.66 Å². The Morgan fingerprint density at radius 3 is 2.39 bits per heavy atom.